The number of hydrogen-bond acceptors (Lipinski definition) is 3. The fourth-order valence-corrected chi connectivity index (χ4v) is 2.92. The van der Waals surface area contributed by atoms with E-state index in [1.807, 2.05) is 24.3 Å². The molecule has 20 heavy (non-hydrogen) atoms. The Labute approximate surface area is 118 Å². The summed E-state index contributed by atoms with van der Waals surface area (Å²) >= 11 is 0. The zero-order chi connectivity index (χ0) is 14.1. The molecule has 1 aromatic carbocycles. The minimum Gasteiger partial charge on any atom is -0.335 e. The van der Waals surface area contributed by atoms with Gasteiger partial charge >= 0.3 is 0 Å². The topological polar surface area (TPSA) is 52.7 Å². The molecule has 2 saturated heterocycles. The number of amides is 2. The number of piperazine rings is 1. The first-order valence-corrected chi connectivity index (χ1v) is 7.03. The van der Waals surface area contributed by atoms with Gasteiger partial charge in [0.1, 0.15) is 6.54 Å². The Kier molecular flexibility index (Phi) is 3.44. The quantitative estimate of drug-likeness (QED) is 0.871. The van der Waals surface area contributed by atoms with Gasteiger partial charge in [-0.05, 0) is 31.0 Å². The maximum absolute atomic E-state index is 12.2. The number of nitrogens with zero attached hydrogens (tertiary/aromatic N) is 2. The van der Waals surface area contributed by atoms with E-state index >= 15 is 0 Å². The second kappa shape index (κ2) is 5.25. The van der Waals surface area contributed by atoms with Gasteiger partial charge in [-0.15, -0.1) is 0 Å². The van der Waals surface area contributed by atoms with Crippen LogP contribution in [0.2, 0.25) is 0 Å². The van der Waals surface area contributed by atoms with Crippen molar-refractivity contribution in [3.05, 3.63) is 29.8 Å². The molecular weight excluding hydrogens is 254 g/mol. The van der Waals surface area contributed by atoms with Crippen LogP contribution in [0.15, 0.2) is 24.3 Å². The number of carbonyl (C=O) groups is 2. The minimum absolute atomic E-state index is 0.0150. The molecule has 0 bridgehead atoms. The normalized spacial score (nSPS) is 23.6. The SMILES string of the molecule is CN1CC(=O)N(c2ccccc2C2CCCN2)CC1=O. The molecule has 5 nitrogen and oxygen atoms in total. The highest BCUT2D eigenvalue weighted by Crippen LogP contribution is 2.32. The molecule has 5 heteroatoms. The summed E-state index contributed by atoms with van der Waals surface area (Å²) in [5.41, 5.74) is 1.99. The van der Waals surface area contributed by atoms with Crippen LogP contribution in [0.4, 0.5) is 5.69 Å². The van der Waals surface area contributed by atoms with Gasteiger partial charge in [-0.3, -0.25) is 9.59 Å². The first kappa shape index (κ1) is 13.1. The second-order valence-corrected chi connectivity index (χ2v) is 5.44. The lowest BCUT2D eigenvalue weighted by Gasteiger charge is -2.33. The van der Waals surface area contributed by atoms with Gasteiger partial charge in [0.15, 0.2) is 0 Å². The van der Waals surface area contributed by atoms with Crippen LogP contribution in [0.5, 0.6) is 0 Å². The molecule has 0 aromatic heterocycles. The molecule has 106 valence electrons. The zero-order valence-electron chi connectivity index (χ0n) is 11.6. The van der Waals surface area contributed by atoms with Gasteiger partial charge in [0, 0.05) is 18.8 Å². The van der Waals surface area contributed by atoms with Crippen LogP contribution in [0.25, 0.3) is 0 Å². The maximum atomic E-state index is 12.2. The smallest absolute Gasteiger partial charge is 0.247 e. The molecule has 1 aromatic rings. The Morgan fingerprint density at radius 1 is 1.15 bits per heavy atom. The van der Waals surface area contributed by atoms with Crippen molar-refractivity contribution < 1.29 is 9.59 Å². The number of anilines is 1. The Morgan fingerprint density at radius 2 is 1.95 bits per heavy atom. The highest BCUT2D eigenvalue weighted by molar-refractivity contribution is 6.04. The van der Waals surface area contributed by atoms with Crippen LogP contribution in [0, 0.1) is 0 Å². The minimum atomic E-state index is -0.0162. The number of hydrogen-bond donors (Lipinski definition) is 1. The van der Waals surface area contributed by atoms with Crippen LogP contribution in [-0.4, -0.2) is 43.4 Å². The van der Waals surface area contributed by atoms with Crippen molar-refractivity contribution in [3.8, 4) is 0 Å². The third kappa shape index (κ3) is 2.29. The van der Waals surface area contributed by atoms with Crippen molar-refractivity contribution in [3.63, 3.8) is 0 Å². The molecule has 0 radical (unpaired) electrons. The molecule has 0 saturated carbocycles. The number of likely N-dealkylation sites (N-methyl/N-ethyl adjacent to an activating group) is 1. The Hall–Kier alpha value is -1.88. The number of carbonyl (C=O) groups excluding carboxylic acids is 2. The van der Waals surface area contributed by atoms with Crippen molar-refractivity contribution >= 4 is 17.5 Å². The molecule has 2 aliphatic rings. The van der Waals surface area contributed by atoms with Gasteiger partial charge in [0.05, 0.1) is 6.54 Å². The molecule has 2 amide bonds. The molecule has 2 aliphatic heterocycles. The van der Waals surface area contributed by atoms with E-state index in [-0.39, 0.29) is 30.9 Å². The lowest BCUT2D eigenvalue weighted by Crippen LogP contribution is -2.52. The largest absolute Gasteiger partial charge is 0.335 e. The van der Waals surface area contributed by atoms with Gasteiger partial charge in [0.25, 0.3) is 0 Å². The fraction of sp³-hybridized carbons (Fsp3) is 0.467. The van der Waals surface area contributed by atoms with Gasteiger partial charge in [0.2, 0.25) is 11.8 Å². The summed E-state index contributed by atoms with van der Waals surface area (Å²) in [5, 5.41) is 3.45. The van der Waals surface area contributed by atoms with Crippen LogP contribution in [0.1, 0.15) is 24.4 Å². The monoisotopic (exact) mass is 273 g/mol. The standard InChI is InChI=1S/C15H19N3O2/c1-17-9-15(20)18(10-14(17)19)13-7-3-2-5-11(13)12-6-4-8-16-12/h2-3,5,7,12,16H,4,6,8-10H2,1H3. The Balaban J connectivity index is 1.93. The van der Waals surface area contributed by atoms with E-state index in [0.717, 1.165) is 30.6 Å². The maximum Gasteiger partial charge on any atom is 0.247 e. The van der Waals surface area contributed by atoms with Gasteiger partial charge < -0.3 is 15.1 Å². The summed E-state index contributed by atoms with van der Waals surface area (Å²) in [4.78, 5) is 27.2. The van der Waals surface area contributed by atoms with E-state index < -0.39 is 0 Å². The third-order valence-corrected chi connectivity index (χ3v) is 4.06. The average molecular weight is 273 g/mol. The Morgan fingerprint density at radius 3 is 2.70 bits per heavy atom. The van der Waals surface area contributed by atoms with Gasteiger partial charge in [-0.2, -0.15) is 0 Å². The number of rotatable bonds is 2. The molecular formula is C15H19N3O2. The predicted octanol–water partition coefficient (Wildman–Crippen LogP) is 0.916. The molecule has 1 N–H and O–H groups in total. The summed E-state index contributed by atoms with van der Waals surface area (Å²) in [5.74, 6) is -0.0312. The summed E-state index contributed by atoms with van der Waals surface area (Å²) < 4.78 is 0. The lowest BCUT2D eigenvalue weighted by molar-refractivity contribution is -0.136. The number of benzene rings is 1. The molecule has 2 heterocycles. The Bertz CT molecular complexity index is 538. The highest BCUT2D eigenvalue weighted by atomic mass is 16.2. The van der Waals surface area contributed by atoms with Crippen LogP contribution < -0.4 is 10.2 Å². The number of nitrogens with one attached hydrogen (secondary N) is 1. The van der Waals surface area contributed by atoms with Gasteiger partial charge in [-0.1, -0.05) is 18.2 Å². The van der Waals surface area contributed by atoms with Crippen LogP contribution in [-0.2, 0) is 9.59 Å². The van der Waals surface area contributed by atoms with Gasteiger partial charge in [-0.25, -0.2) is 0 Å². The molecule has 3 rings (SSSR count). The van der Waals surface area contributed by atoms with Crippen molar-refractivity contribution in [2.45, 2.75) is 18.9 Å². The zero-order valence-corrected chi connectivity index (χ0v) is 11.6. The van der Waals surface area contributed by atoms with E-state index in [1.54, 1.807) is 11.9 Å². The van der Waals surface area contributed by atoms with E-state index in [9.17, 15) is 9.59 Å². The van der Waals surface area contributed by atoms with Crippen molar-refractivity contribution in [1.82, 2.24) is 10.2 Å². The lowest BCUT2D eigenvalue weighted by atomic mass is 10.0. The van der Waals surface area contributed by atoms with E-state index in [0.29, 0.717) is 0 Å². The van der Waals surface area contributed by atoms with Crippen molar-refractivity contribution in [2.75, 3.05) is 31.6 Å². The molecule has 0 aliphatic carbocycles. The first-order chi connectivity index (χ1) is 9.66. The number of para-hydroxylation sites is 1. The van der Waals surface area contributed by atoms with Crippen LogP contribution >= 0.6 is 0 Å². The fourth-order valence-electron chi connectivity index (χ4n) is 2.92. The van der Waals surface area contributed by atoms with E-state index in [2.05, 4.69) is 5.32 Å². The average Bonchev–Trinajstić information content (AvgIpc) is 2.97. The molecule has 1 atom stereocenters. The van der Waals surface area contributed by atoms with Crippen molar-refractivity contribution in [2.24, 2.45) is 0 Å². The highest BCUT2D eigenvalue weighted by Gasteiger charge is 2.31. The van der Waals surface area contributed by atoms with E-state index in [1.165, 1.54) is 4.90 Å². The third-order valence-electron chi connectivity index (χ3n) is 4.06. The molecule has 2 fully saturated rings. The summed E-state index contributed by atoms with van der Waals surface area (Å²) in [6.45, 7) is 1.30. The molecule has 1 unspecified atom stereocenters. The summed E-state index contributed by atoms with van der Waals surface area (Å²) in [7, 11) is 1.67. The molecule has 0 spiro atoms. The summed E-state index contributed by atoms with van der Waals surface area (Å²) in [6, 6.07) is 8.18. The van der Waals surface area contributed by atoms with Crippen LogP contribution in [0.3, 0.4) is 0 Å². The first-order valence-electron chi connectivity index (χ1n) is 7.03. The second-order valence-electron chi connectivity index (χ2n) is 5.44. The summed E-state index contributed by atoms with van der Waals surface area (Å²) in [6.07, 6.45) is 2.22. The van der Waals surface area contributed by atoms with E-state index in [4.69, 9.17) is 0 Å². The van der Waals surface area contributed by atoms with Crippen molar-refractivity contribution in [1.29, 1.82) is 0 Å². The predicted molar refractivity (Wildman–Crippen MR) is 76.4 cm³/mol.